The highest BCUT2D eigenvalue weighted by Gasteiger charge is 2.42. The zero-order chi connectivity index (χ0) is 24.6. The van der Waals surface area contributed by atoms with Crippen LogP contribution < -0.4 is 0 Å². The molecule has 1 aromatic heterocycles. The summed E-state index contributed by atoms with van der Waals surface area (Å²) >= 11 is 0. The summed E-state index contributed by atoms with van der Waals surface area (Å²) in [6, 6.07) is 3.73. The molecule has 5 atom stereocenters. The Labute approximate surface area is 197 Å². The molecular formula is C27H39NO5. The summed E-state index contributed by atoms with van der Waals surface area (Å²) in [7, 11) is 0. The molecular weight excluding hydrogens is 418 g/mol. The Morgan fingerprint density at radius 3 is 2.48 bits per heavy atom. The molecule has 2 heterocycles. The minimum atomic E-state index is -1.21. The van der Waals surface area contributed by atoms with Crippen LogP contribution in [0.1, 0.15) is 72.3 Å². The molecule has 3 unspecified atom stereocenters. The van der Waals surface area contributed by atoms with Gasteiger partial charge in [0, 0.05) is 24.7 Å². The van der Waals surface area contributed by atoms with E-state index in [0.29, 0.717) is 6.42 Å². The number of aromatic nitrogens is 1. The van der Waals surface area contributed by atoms with Crippen molar-refractivity contribution in [1.82, 2.24) is 4.98 Å². The molecule has 6 nitrogen and oxygen atoms in total. The first-order valence-electron chi connectivity index (χ1n) is 11.9. The van der Waals surface area contributed by atoms with E-state index in [-0.39, 0.29) is 18.1 Å². The molecule has 0 fully saturated rings. The number of aliphatic hydroxyl groups is 2. The Kier molecular flexibility index (Phi) is 9.99. The van der Waals surface area contributed by atoms with Gasteiger partial charge in [0.1, 0.15) is 11.9 Å². The van der Waals surface area contributed by atoms with Crippen molar-refractivity contribution < 1.29 is 24.5 Å². The standard InChI is InChI=1S/C27H39NO5/c1-18-7-6-8-19(2)25(31)20(3)26(32)27(4,5)23(29)17-24(30)33-22(11-9-18)12-10-21-13-15-28-16-14-21/h9-10,12-16,19-20,22-23,25,29,31H,6-8,11,17H2,1-5H3/t19-,20?,22?,23?,25-/m0/s1. The van der Waals surface area contributed by atoms with Gasteiger partial charge in [-0.05, 0) is 55.9 Å². The van der Waals surface area contributed by atoms with Crippen molar-refractivity contribution in [2.75, 3.05) is 0 Å². The van der Waals surface area contributed by atoms with E-state index in [4.69, 9.17) is 4.74 Å². The summed E-state index contributed by atoms with van der Waals surface area (Å²) in [5, 5.41) is 21.5. The van der Waals surface area contributed by atoms with Crippen molar-refractivity contribution in [3.63, 3.8) is 0 Å². The lowest BCUT2D eigenvalue weighted by Crippen LogP contribution is -2.45. The number of pyridine rings is 1. The predicted molar refractivity (Wildman–Crippen MR) is 129 cm³/mol. The summed E-state index contributed by atoms with van der Waals surface area (Å²) in [5.74, 6) is -1.49. The van der Waals surface area contributed by atoms with Crippen molar-refractivity contribution >= 4 is 17.8 Å². The Morgan fingerprint density at radius 1 is 1.15 bits per heavy atom. The molecule has 1 aliphatic rings. The van der Waals surface area contributed by atoms with Gasteiger partial charge >= 0.3 is 5.97 Å². The summed E-state index contributed by atoms with van der Waals surface area (Å²) in [6.07, 6.45) is 9.50. The number of carbonyl (C=O) groups excluding carboxylic acids is 2. The van der Waals surface area contributed by atoms with E-state index in [1.807, 2.05) is 38.1 Å². The lowest BCUT2D eigenvalue weighted by molar-refractivity contribution is -0.153. The normalized spacial score (nSPS) is 30.6. The molecule has 0 aliphatic carbocycles. The molecule has 0 aromatic carbocycles. The van der Waals surface area contributed by atoms with E-state index in [1.165, 1.54) is 5.57 Å². The Hall–Kier alpha value is -2.31. The largest absolute Gasteiger partial charge is 0.458 e. The van der Waals surface area contributed by atoms with Gasteiger partial charge < -0.3 is 14.9 Å². The first-order chi connectivity index (χ1) is 15.5. The number of rotatable bonds is 2. The second-order valence-corrected chi connectivity index (χ2v) is 9.91. The number of hydrogen-bond donors (Lipinski definition) is 2. The molecule has 1 aromatic rings. The minimum absolute atomic E-state index is 0.0430. The van der Waals surface area contributed by atoms with Gasteiger partial charge in [0.15, 0.2) is 0 Å². The number of carbonyl (C=O) groups is 2. The first-order valence-corrected chi connectivity index (χ1v) is 11.9. The highest BCUT2D eigenvalue weighted by molar-refractivity contribution is 5.88. The average Bonchev–Trinajstić information content (AvgIpc) is 2.79. The number of ketones is 1. The number of ether oxygens (including phenoxy) is 1. The van der Waals surface area contributed by atoms with Gasteiger partial charge in [0.2, 0.25) is 0 Å². The molecule has 0 amide bonds. The summed E-state index contributed by atoms with van der Waals surface area (Å²) in [4.78, 5) is 29.8. The molecule has 0 radical (unpaired) electrons. The third kappa shape index (κ3) is 7.90. The second-order valence-electron chi connectivity index (χ2n) is 9.91. The monoisotopic (exact) mass is 457 g/mol. The van der Waals surface area contributed by atoms with E-state index in [2.05, 4.69) is 11.1 Å². The Morgan fingerprint density at radius 2 is 1.82 bits per heavy atom. The maximum absolute atomic E-state index is 13.1. The van der Waals surface area contributed by atoms with Gasteiger partial charge in [0.05, 0.1) is 24.0 Å². The quantitative estimate of drug-likeness (QED) is 0.501. The zero-order valence-electron chi connectivity index (χ0n) is 20.5. The van der Waals surface area contributed by atoms with E-state index >= 15 is 0 Å². The Balaban J connectivity index is 2.27. The minimum Gasteiger partial charge on any atom is -0.458 e. The SMILES string of the molecule is CC1=CCC(C=Cc2ccncc2)OC(=O)CC(O)C(C)(C)C(=O)C(C)[C@@H](O)[C@@H](C)CCC1. The molecule has 0 saturated carbocycles. The lowest BCUT2D eigenvalue weighted by atomic mass is 9.73. The predicted octanol–water partition coefficient (Wildman–Crippen LogP) is 4.51. The zero-order valence-corrected chi connectivity index (χ0v) is 20.5. The number of aliphatic hydroxyl groups excluding tert-OH is 2. The number of cyclic esters (lactones) is 1. The molecule has 1 aliphatic heterocycles. The van der Waals surface area contributed by atoms with Gasteiger partial charge in [-0.2, -0.15) is 0 Å². The third-order valence-corrected chi connectivity index (χ3v) is 6.76. The van der Waals surface area contributed by atoms with Crippen LogP contribution in [-0.4, -0.2) is 45.3 Å². The number of esters is 1. The third-order valence-electron chi connectivity index (χ3n) is 6.76. The van der Waals surface area contributed by atoms with Crippen LogP contribution in [0.25, 0.3) is 6.08 Å². The van der Waals surface area contributed by atoms with E-state index in [1.54, 1.807) is 33.2 Å². The average molecular weight is 458 g/mol. The maximum Gasteiger partial charge on any atom is 0.309 e. The molecule has 0 saturated heterocycles. The van der Waals surface area contributed by atoms with Gasteiger partial charge in [-0.15, -0.1) is 0 Å². The number of allylic oxidation sites excluding steroid dienone is 1. The van der Waals surface area contributed by atoms with Crippen LogP contribution >= 0.6 is 0 Å². The molecule has 182 valence electrons. The van der Waals surface area contributed by atoms with E-state index < -0.39 is 35.6 Å². The van der Waals surface area contributed by atoms with Gasteiger partial charge in [-0.25, -0.2) is 0 Å². The number of hydrogen-bond acceptors (Lipinski definition) is 6. The van der Waals surface area contributed by atoms with Crippen molar-refractivity contribution in [2.24, 2.45) is 17.3 Å². The molecule has 33 heavy (non-hydrogen) atoms. The molecule has 0 bridgehead atoms. The molecule has 6 heteroatoms. The fraction of sp³-hybridized carbons (Fsp3) is 0.593. The fourth-order valence-corrected chi connectivity index (χ4v) is 4.18. The van der Waals surface area contributed by atoms with Crippen LogP contribution in [-0.2, 0) is 14.3 Å². The maximum atomic E-state index is 13.1. The van der Waals surface area contributed by atoms with Crippen molar-refractivity contribution in [1.29, 1.82) is 0 Å². The van der Waals surface area contributed by atoms with Crippen molar-refractivity contribution in [3.8, 4) is 0 Å². The number of Topliss-reactive ketones (excluding diaryl/α,β-unsaturated/α-hetero) is 1. The fourth-order valence-electron chi connectivity index (χ4n) is 4.18. The number of nitrogens with zero attached hydrogens (tertiary/aromatic N) is 1. The molecule has 0 spiro atoms. The van der Waals surface area contributed by atoms with Crippen LogP contribution in [0.2, 0.25) is 0 Å². The molecule has 2 N–H and O–H groups in total. The summed E-state index contributed by atoms with van der Waals surface area (Å²) < 4.78 is 5.68. The van der Waals surface area contributed by atoms with Crippen LogP contribution in [0.3, 0.4) is 0 Å². The highest BCUT2D eigenvalue weighted by Crippen LogP contribution is 2.32. The highest BCUT2D eigenvalue weighted by atomic mass is 16.5. The van der Waals surface area contributed by atoms with Crippen LogP contribution in [0.5, 0.6) is 0 Å². The topological polar surface area (TPSA) is 96.7 Å². The Bertz CT molecular complexity index is 845. The molecule has 2 rings (SSSR count). The van der Waals surface area contributed by atoms with E-state index in [9.17, 15) is 19.8 Å². The summed E-state index contributed by atoms with van der Waals surface area (Å²) in [6.45, 7) is 8.95. The van der Waals surface area contributed by atoms with Crippen molar-refractivity contribution in [3.05, 3.63) is 47.8 Å². The van der Waals surface area contributed by atoms with Crippen LogP contribution in [0, 0.1) is 17.3 Å². The van der Waals surface area contributed by atoms with Crippen LogP contribution in [0.15, 0.2) is 42.3 Å². The van der Waals surface area contributed by atoms with Gasteiger partial charge in [-0.3, -0.25) is 14.6 Å². The lowest BCUT2D eigenvalue weighted by Gasteiger charge is -2.34. The van der Waals surface area contributed by atoms with Gasteiger partial charge in [-0.1, -0.05) is 45.4 Å². The first kappa shape index (κ1) is 26.9. The van der Waals surface area contributed by atoms with Crippen LogP contribution in [0.4, 0.5) is 0 Å². The second kappa shape index (κ2) is 12.2. The van der Waals surface area contributed by atoms with Gasteiger partial charge in [0.25, 0.3) is 0 Å². The van der Waals surface area contributed by atoms with Crippen molar-refractivity contribution in [2.45, 2.75) is 85.0 Å². The van der Waals surface area contributed by atoms with E-state index in [0.717, 1.165) is 24.8 Å². The summed E-state index contributed by atoms with van der Waals surface area (Å²) in [5.41, 5.74) is 0.948. The smallest absolute Gasteiger partial charge is 0.309 e.